The zero-order valence-corrected chi connectivity index (χ0v) is 34.0. The van der Waals surface area contributed by atoms with Crippen LogP contribution in [0.15, 0.2) is 210 Å². The maximum Gasteiger partial charge on any atom is 0.0675 e. The van der Waals surface area contributed by atoms with Crippen LogP contribution < -0.4 is 0 Å². The molecule has 288 valence electrons. The smallest absolute Gasteiger partial charge is 0.0675 e. The van der Waals surface area contributed by atoms with Crippen molar-refractivity contribution >= 4 is 44.6 Å². The molecule has 13 rings (SSSR count). The first-order chi connectivity index (χ1) is 30.2. The number of hydrogen-bond acceptors (Lipinski definition) is 1. The number of rotatable bonds is 4. The minimum absolute atomic E-state index is 0.186. The van der Waals surface area contributed by atoms with Crippen molar-refractivity contribution in [3.05, 3.63) is 244 Å². The third-order valence-electron chi connectivity index (χ3n) is 14.3. The minimum Gasteiger partial charge on any atom is -0.251 e. The first-order valence-corrected chi connectivity index (χ1v) is 22.1. The van der Waals surface area contributed by atoms with E-state index in [9.17, 15) is 0 Å². The van der Waals surface area contributed by atoms with Gasteiger partial charge in [-0.05, 0) is 143 Å². The summed E-state index contributed by atoms with van der Waals surface area (Å²) >= 11 is 0. The summed E-state index contributed by atoms with van der Waals surface area (Å²) in [6.07, 6.45) is 28.0. The second kappa shape index (κ2) is 13.7. The fourth-order valence-corrected chi connectivity index (χ4v) is 11.3. The van der Waals surface area contributed by atoms with Crippen molar-refractivity contribution in [1.29, 1.82) is 0 Å². The van der Waals surface area contributed by atoms with Gasteiger partial charge in [-0.25, -0.2) is 0 Å². The SMILES string of the molecule is C1=CC2=CC(c3c4c(c(-c5ccc6ccccc6c5)c5ccccc35)CCC(C3=CCC(c5ccc6c(c5)C5=Nc7ccccc7C5c5ccccc5-6)C=C3)=C4)=CCC2C=C1. The number of allylic oxidation sites excluding steroid dienone is 13. The number of hydrogen-bond donors (Lipinski definition) is 0. The van der Waals surface area contributed by atoms with Crippen molar-refractivity contribution in [3.63, 3.8) is 0 Å². The van der Waals surface area contributed by atoms with Crippen LogP contribution in [0.1, 0.15) is 70.0 Å². The molecule has 0 aromatic heterocycles. The maximum atomic E-state index is 5.28. The lowest BCUT2D eigenvalue weighted by Crippen LogP contribution is -2.19. The van der Waals surface area contributed by atoms with E-state index in [0.29, 0.717) is 11.8 Å². The topological polar surface area (TPSA) is 12.4 Å². The third-order valence-corrected chi connectivity index (χ3v) is 14.3. The highest BCUT2D eigenvalue weighted by Gasteiger charge is 2.37. The summed E-state index contributed by atoms with van der Waals surface area (Å²) in [7, 11) is 0. The van der Waals surface area contributed by atoms with E-state index in [-0.39, 0.29) is 5.92 Å². The molecule has 3 atom stereocenters. The molecule has 5 aliphatic carbocycles. The van der Waals surface area contributed by atoms with Crippen molar-refractivity contribution in [2.45, 2.75) is 37.5 Å². The lowest BCUT2D eigenvalue weighted by molar-refractivity contribution is 0.782. The van der Waals surface area contributed by atoms with Crippen molar-refractivity contribution in [3.8, 4) is 22.3 Å². The average Bonchev–Trinajstić information content (AvgIpc) is 3.73. The van der Waals surface area contributed by atoms with E-state index in [1.807, 2.05) is 0 Å². The van der Waals surface area contributed by atoms with Crippen LogP contribution in [0.5, 0.6) is 0 Å². The predicted octanol–water partition coefficient (Wildman–Crippen LogP) is 15.4. The Kier molecular flexibility index (Phi) is 7.82. The van der Waals surface area contributed by atoms with Crippen molar-refractivity contribution in [2.75, 3.05) is 0 Å². The van der Waals surface area contributed by atoms with Gasteiger partial charge in [-0.1, -0.05) is 176 Å². The molecule has 0 amide bonds. The molecule has 0 saturated heterocycles. The summed E-state index contributed by atoms with van der Waals surface area (Å²) < 4.78 is 0. The molecule has 0 saturated carbocycles. The Morgan fingerprint density at radius 3 is 2.21 bits per heavy atom. The fourth-order valence-electron chi connectivity index (χ4n) is 11.3. The lowest BCUT2D eigenvalue weighted by Gasteiger charge is -2.29. The summed E-state index contributed by atoms with van der Waals surface area (Å²) in [6, 6.07) is 49.8. The molecular weight excluding hydrogens is 735 g/mol. The molecule has 1 aliphatic heterocycles. The molecule has 1 heterocycles. The Bertz CT molecular complexity index is 3310. The fraction of sp³-hybridized carbons (Fsp3) is 0.117. The Labute approximate surface area is 357 Å². The highest BCUT2D eigenvalue weighted by molar-refractivity contribution is 6.18. The average molecular weight is 778 g/mol. The van der Waals surface area contributed by atoms with Crippen LogP contribution in [0.2, 0.25) is 0 Å². The van der Waals surface area contributed by atoms with Gasteiger partial charge in [0.15, 0.2) is 0 Å². The molecule has 61 heavy (non-hydrogen) atoms. The van der Waals surface area contributed by atoms with Crippen molar-refractivity contribution in [1.82, 2.24) is 0 Å². The second-order valence-corrected chi connectivity index (χ2v) is 17.6. The van der Waals surface area contributed by atoms with Gasteiger partial charge in [0.1, 0.15) is 0 Å². The normalized spacial score (nSPS) is 20.3. The van der Waals surface area contributed by atoms with Gasteiger partial charge in [0.2, 0.25) is 0 Å². The Morgan fingerprint density at radius 1 is 0.525 bits per heavy atom. The van der Waals surface area contributed by atoms with Gasteiger partial charge in [0.25, 0.3) is 0 Å². The van der Waals surface area contributed by atoms with E-state index in [0.717, 1.165) is 31.4 Å². The molecule has 3 unspecified atom stereocenters. The largest absolute Gasteiger partial charge is 0.251 e. The first-order valence-electron chi connectivity index (χ1n) is 22.1. The van der Waals surface area contributed by atoms with Crippen LogP contribution in [0.3, 0.4) is 0 Å². The Balaban J connectivity index is 0.902. The van der Waals surface area contributed by atoms with Crippen LogP contribution in [0.4, 0.5) is 5.69 Å². The standard InChI is InChI=1S/C60H43N/c1-3-13-41-33-45(27-25-37(41)11-1)57-50-17-7-8-18-51(50)58(46-28-26-38-12-2-4-14-42(38)34-46)54-35-43(30-32-52(54)57)39-21-23-40(24-22-39)44-29-31-48-47-15-5-6-16-49(47)59-53-19-9-10-20-56(53)61-60(59)55(48)36-44/h1-23,25,27-29,31,33-36,38,40,59H,24,26,30,32H2. The molecular formula is C60H43N. The quantitative estimate of drug-likeness (QED) is 0.169. The summed E-state index contributed by atoms with van der Waals surface area (Å²) in [5.74, 6) is 0.958. The molecule has 0 spiro atoms. The zero-order chi connectivity index (χ0) is 40.0. The van der Waals surface area contributed by atoms with Gasteiger partial charge in [-0.15, -0.1) is 0 Å². The summed E-state index contributed by atoms with van der Waals surface area (Å²) in [4.78, 5) is 5.28. The lowest BCUT2D eigenvalue weighted by atomic mass is 9.74. The van der Waals surface area contributed by atoms with Gasteiger partial charge in [-0.3, -0.25) is 4.99 Å². The van der Waals surface area contributed by atoms with E-state index in [1.165, 1.54) is 111 Å². The van der Waals surface area contributed by atoms with E-state index in [2.05, 4.69) is 194 Å². The van der Waals surface area contributed by atoms with Crippen LogP contribution in [0.25, 0.3) is 55.4 Å². The van der Waals surface area contributed by atoms with Gasteiger partial charge in [-0.2, -0.15) is 0 Å². The minimum atomic E-state index is 0.186. The van der Waals surface area contributed by atoms with Crippen LogP contribution in [0, 0.1) is 5.92 Å². The van der Waals surface area contributed by atoms with Gasteiger partial charge < -0.3 is 0 Å². The highest BCUT2D eigenvalue weighted by atomic mass is 14.8. The molecule has 0 radical (unpaired) electrons. The number of para-hydroxylation sites is 1. The zero-order valence-electron chi connectivity index (χ0n) is 34.0. The summed E-state index contributed by atoms with van der Waals surface area (Å²) in [5, 5.41) is 5.24. The van der Waals surface area contributed by atoms with Crippen LogP contribution in [-0.2, 0) is 6.42 Å². The number of fused-ring (bicyclic) bond motifs is 12. The van der Waals surface area contributed by atoms with Gasteiger partial charge in [0.05, 0.1) is 17.3 Å². The molecule has 6 aliphatic rings. The van der Waals surface area contributed by atoms with Crippen molar-refractivity contribution in [2.24, 2.45) is 10.9 Å². The highest BCUT2D eigenvalue weighted by Crippen LogP contribution is 2.51. The summed E-state index contributed by atoms with van der Waals surface area (Å²) in [5.41, 5.74) is 22.7. The number of benzene rings is 7. The van der Waals surface area contributed by atoms with Crippen LogP contribution in [-0.4, -0.2) is 5.71 Å². The first kappa shape index (κ1) is 34.7. The molecule has 1 heteroatoms. The monoisotopic (exact) mass is 777 g/mol. The van der Waals surface area contributed by atoms with Crippen molar-refractivity contribution < 1.29 is 0 Å². The Hall–Kier alpha value is -7.09. The molecule has 0 bridgehead atoms. The third kappa shape index (κ3) is 5.50. The number of aliphatic imine (C=N–C) groups is 1. The van der Waals surface area contributed by atoms with Crippen LogP contribution >= 0.6 is 0 Å². The van der Waals surface area contributed by atoms with E-state index in [1.54, 1.807) is 0 Å². The predicted molar refractivity (Wildman–Crippen MR) is 257 cm³/mol. The molecule has 0 fully saturated rings. The molecule has 0 N–H and O–H groups in total. The maximum absolute atomic E-state index is 5.28. The van der Waals surface area contributed by atoms with E-state index in [4.69, 9.17) is 4.99 Å². The van der Waals surface area contributed by atoms with Gasteiger partial charge in [0, 0.05) is 17.4 Å². The molecule has 1 nitrogen and oxygen atoms in total. The summed E-state index contributed by atoms with van der Waals surface area (Å²) in [6.45, 7) is 0. The second-order valence-electron chi connectivity index (χ2n) is 17.6. The molecule has 7 aromatic rings. The molecule has 7 aromatic carbocycles. The number of nitrogens with zero attached hydrogens (tertiary/aromatic N) is 1. The van der Waals surface area contributed by atoms with Gasteiger partial charge >= 0.3 is 0 Å². The van der Waals surface area contributed by atoms with E-state index >= 15 is 0 Å². The van der Waals surface area contributed by atoms with E-state index < -0.39 is 0 Å². The Morgan fingerprint density at radius 2 is 1.31 bits per heavy atom.